The highest BCUT2D eigenvalue weighted by Gasteiger charge is 2.31. The number of rotatable bonds is 4. The lowest BCUT2D eigenvalue weighted by atomic mass is 10.1. The molecule has 1 saturated heterocycles. The predicted octanol–water partition coefficient (Wildman–Crippen LogP) is -1.51. The predicted molar refractivity (Wildman–Crippen MR) is 48.8 cm³/mol. The Bertz CT molecular complexity index is 295. The highest BCUT2D eigenvalue weighted by Crippen LogP contribution is 2.11. The van der Waals surface area contributed by atoms with Crippen molar-refractivity contribution < 1.29 is 13.2 Å². The molecule has 1 fully saturated rings. The van der Waals surface area contributed by atoms with Gasteiger partial charge >= 0.3 is 0 Å². The minimum Gasteiger partial charge on any atom is -0.369 e. The summed E-state index contributed by atoms with van der Waals surface area (Å²) >= 11 is 0. The summed E-state index contributed by atoms with van der Waals surface area (Å²) in [4.78, 5) is 10.7. The summed E-state index contributed by atoms with van der Waals surface area (Å²) in [6, 6.07) is 0. The van der Waals surface area contributed by atoms with Gasteiger partial charge in [0.2, 0.25) is 5.91 Å². The Hall–Kier alpha value is -0.620. The summed E-state index contributed by atoms with van der Waals surface area (Å²) in [5.74, 6) is -0.566. The van der Waals surface area contributed by atoms with E-state index in [2.05, 4.69) is 5.32 Å². The van der Waals surface area contributed by atoms with Crippen LogP contribution in [0.2, 0.25) is 0 Å². The zero-order chi connectivity index (χ0) is 10.1. The normalized spacial score (nSPS) is 20.7. The van der Waals surface area contributed by atoms with Crippen molar-refractivity contribution in [1.82, 2.24) is 5.32 Å². The average molecular weight is 206 g/mol. The van der Waals surface area contributed by atoms with Crippen LogP contribution in [0.15, 0.2) is 0 Å². The second-order valence-corrected chi connectivity index (χ2v) is 5.76. The molecule has 1 heterocycles. The van der Waals surface area contributed by atoms with E-state index >= 15 is 0 Å². The highest BCUT2D eigenvalue weighted by molar-refractivity contribution is 7.92. The van der Waals surface area contributed by atoms with Gasteiger partial charge in [0.25, 0.3) is 0 Å². The smallest absolute Gasteiger partial charge is 0.235 e. The van der Waals surface area contributed by atoms with Crippen LogP contribution < -0.4 is 11.1 Å². The van der Waals surface area contributed by atoms with E-state index in [9.17, 15) is 13.2 Å². The third-order valence-electron chi connectivity index (χ3n) is 2.27. The fourth-order valence-electron chi connectivity index (χ4n) is 1.12. The molecule has 0 radical (unpaired) electrons. The van der Waals surface area contributed by atoms with E-state index in [-0.39, 0.29) is 11.7 Å². The Morgan fingerprint density at radius 2 is 2.15 bits per heavy atom. The molecule has 0 aromatic rings. The maximum absolute atomic E-state index is 11.4. The van der Waals surface area contributed by atoms with Crippen LogP contribution >= 0.6 is 0 Å². The third kappa shape index (κ3) is 2.41. The van der Waals surface area contributed by atoms with Gasteiger partial charge in [0.15, 0.2) is 9.84 Å². The topological polar surface area (TPSA) is 89.3 Å². The second-order valence-electron chi connectivity index (χ2n) is 3.40. The van der Waals surface area contributed by atoms with Crippen LogP contribution in [0.5, 0.6) is 0 Å². The Morgan fingerprint density at radius 1 is 1.62 bits per heavy atom. The summed E-state index contributed by atoms with van der Waals surface area (Å²) in [6.07, 6.45) is 0. The number of hydrogen-bond acceptors (Lipinski definition) is 4. The molecule has 0 saturated carbocycles. The van der Waals surface area contributed by atoms with Crippen molar-refractivity contribution in [3.63, 3.8) is 0 Å². The van der Waals surface area contributed by atoms with Gasteiger partial charge in [-0.15, -0.1) is 0 Å². The molecule has 5 nitrogen and oxygen atoms in total. The zero-order valence-corrected chi connectivity index (χ0v) is 8.30. The number of carbonyl (C=O) groups excluding carboxylic acids is 1. The largest absolute Gasteiger partial charge is 0.369 e. The minimum absolute atomic E-state index is 0.0596. The summed E-state index contributed by atoms with van der Waals surface area (Å²) < 4.78 is 22.9. The van der Waals surface area contributed by atoms with Crippen LogP contribution in [0.3, 0.4) is 0 Å². The van der Waals surface area contributed by atoms with Gasteiger partial charge in [0, 0.05) is 13.1 Å². The van der Waals surface area contributed by atoms with Gasteiger partial charge in [-0.2, -0.15) is 0 Å². The van der Waals surface area contributed by atoms with Gasteiger partial charge in [-0.25, -0.2) is 8.42 Å². The number of primary amides is 1. The van der Waals surface area contributed by atoms with Crippen molar-refractivity contribution in [2.24, 2.45) is 11.7 Å². The van der Waals surface area contributed by atoms with Crippen molar-refractivity contribution in [3.05, 3.63) is 0 Å². The number of nitrogens with two attached hydrogens (primary N) is 1. The molecule has 1 atom stereocenters. The van der Waals surface area contributed by atoms with Gasteiger partial charge in [0.05, 0.1) is 5.75 Å². The number of sulfone groups is 1. The molecule has 0 aromatic heterocycles. The third-order valence-corrected chi connectivity index (χ3v) is 4.52. The van der Waals surface area contributed by atoms with E-state index in [1.54, 1.807) is 0 Å². The van der Waals surface area contributed by atoms with Crippen LogP contribution in [-0.4, -0.2) is 38.4 Å². The molecule has 13 heavy (non-hydrogen) atoms. The molecule has 76 valence electrons. The van der Waals surface area contributed by atoms with Crippen molar-refractivity contribution in [2.75, 3.05) is 18.8 Å². The molecule has 0 aliphatic carbocycles. The quantitative estimate of drug-likeness (QED) is 0.585. The van der Waals surface area contributed by atoms with Gasteiger partial charge in [-0.05, 0) is 12.8 Å². The first-order valence-electron chi connectivity index (χ1n) is 4.15. The fraction of sp³-hybridized carbons (Fsp3) is 0.857. The summed E-state index contributed by atoms with van der Waals surface area (Å²) in [6.45, 7) is 2.76. The molecule has 0 spiro atoms. The Kier molecular flexibility index (Phi) is 2.92. The Labute approximate surface area is 77.6 Å². The number of hydrogen-bond donors (Lipinski definition) is 2. The Morgan fingerprint density at radius 3 is 2.46 bits per heavy atom. The van der Waals surface area contributed by atoms with E-state index in [1.807, 2.05) is 0 Å². The lowest BCUT2D eigenvalue weighted by Gasteiger charge is -2.27. The van der Waals surface area contributed by atoms with Gasteiger partial charge in [0.1, 0.15) is 5.25 Å². The first kappa shape index (κ1) is 10.5. The maximum atomic E-state index is 11.4. The molecule has 1 unspecified atom stereocenters. The molecule has 3 N–H and O–H groups in total. The number of nitrogens with one attached hydrogen (secondary N) is 1. The first-order valence-corrected chi connectivity index (χ1v) is 5.86. The van der Waals surface area contributed by atoms with Crippen LogP contribution in [-0.2, 0) is 14.6 Å². The fourth-order valence-corrected chi connectivity index (χ4v) is 2.65. The van der Waals surface area contributed by atoms with Crippen molar-refractivity contribution in [2.45, 2.75) is 12.2 Å². The van der Waals surface area contributed by atoms with E-state index in [1.165, 1.54) is 6.92 Å². The van der Waals surface area contributed by atoms with E-state index in [0.29, 0.717) is 13.1 Å². The lowest BCUT2D eigenvalue weighted by molar-refractivity contribution is -0.117. The van der Waals surface area contributed by atoms with Gasteiger partial charge < -0.3 is 11.1 Å². The van der Waals surface area contributed by atoms with Crippen molar-refractivity contribution in [1.29, 1.82) is 0 Å². The number of amides is 1. The van der Waals surface area contributed by atoms with E-state index < -0.39 is 21.0 Å². The summed E-state index contributed by atoms with van der Waals surface area (Å²) in [7, 11) is -3.33. The van der Waals surface area contributed by atoms with E-state index in [4.69, 9.17) is 5.73 Å². The molecule has 6 heteroatoms. The number of carbonyl (C=O) groups is 1. The summed E-state index contributed by atoms with van der Waals surface area (Å²) in [5.41, 5.74) is 4.92. The molecule has 1 aliphatic rings. The first-order chi connectivity index (χ1) is 5.93. The van der Waals surface area contributed by atoms with Crippen LogP contribution in [0.4, 0.5) is 0 Å². The monoisotopic (exact) mass is 206 g/mol. The van der Waals surface area contributed by atoms with Crippen LogP contribution in [0, 0.1) is 5.92 Å². The summed E-state index contributed by atoms with van der Waals surface area (Å²) in [5, 5.41) is 1.91. The molecule has 1 amide bonds. The molecular formula is C7H14N2O3S. The highest BCUT2D eigenvalue weighted by atomic mass is 32.2. The van der Waals surface area contributed by atoms with Crippen LogP contribution in [0.25, 0.3) is 0 Å². The van der Waals surface area contributed by atoms with Crippen LogP contribution in [0.1, 0.15) is 6.92 Å². The van der Waals surface area contributed by atoms with Crippen molar-refractivity contribution >= 4 is 15.7 Å². The molecule has 0 aromatic carbocycles. The standard InChI is InChI=1S/C7H14N2O3S/c1-5(7(8)10)13(11,12)4-6-2-9-3-6/h5-6,9H,2-4H2,1H3,(H2,8,10). The minimum atomic E-state index is -3.33. The molecular weight excluding hydrogens is 192 g/mol. The molecule has 1 aliphatic heterocycles. The maximum Gasteiger partial charge on any atom is 0.235 e. The van der Waals surface area contributed by atoms with E-state index in [0.717, 1.165) is 0 Å². The van der Waals surface area contributed by atoms with Gasteiger partial charge in [-0.3, -0.25) is 4.79 Å². The SMILES string of the molecule is CC(C(N)=O)S(=O)(=O)CC1CNC1. The lowest BCUT2D eigenvalue weighted by Crippen LogP contribution is -2.48. The van der Waals surface area contributed by atoms with Crippen molar-refractivity contribution in [3.8, 4) is 0 Å². The zero-order valence-electron chi connectivity index (χ0n) is 7.49. The molecule has 1 rings (SSSR count). The molecule has 0 bridgehead atoms. The average Bonchev–Trinajstić information content (AvgIpc) is 1.95. The Balaban J connectivity index is 2.59. The van der Waals surface area contributed by atoms with Gasteiger partial charge in [-0.1, -0.05) is 0 Å². The second kappa shape index (κ2) is 3.63.